The summed E-state index contributed by atoms with van der Waals surface area (Å²) in [5.74, 6) is -0.0544. The monoisotopic (exact) mass is 332 g/mol. The molecule has 0 bridgehead atoms. The third kappa shape index (κ3) is 2.81. The summed E-state index contributed by atoms with van der Waals surface area (Å²) in [6.07, 6.45) is 0. The number of carbonyl (C=O) groups excluding carboxylic acids is 1. The van der Waals surface area contributed by atoms with Gasteiger partial charge in [-0.05, 0) is 26.0 Å². The van der Waals surface area contributed by atoms with Gasteiger partial charge in [-0.2, -0.15) is 5.10 Å². The highest BCUT2D eigenvalue weighted by molar-refractivity contribution is 6.32. The second-order valence-corrected chi connectivity index (χ2v) is 7.14. The van der Waals surface area contributed by atoms with E-state index in [4.69, 9.17) is 11.6 Å². The molecular weight excluding hydrogens is 312 g/mol. The Labute approximate surface area is 141 Å². The van der Waals surface area contributed by atoms with Crippen LogP contribution in [0.25, 0.3) is 0 Å². The minimum Gasteiger partial charge on any atom is -0.361 e. The molecule has 1 aliphatic heterocycles. The fourth-order valence-corrected chi connectivity index (χ4v) is 3.74. The van der Waals surface area contributed by atoms with E-state index in [0.29, 0.717) is 6.54 Å². The van der Waals surface area contributed by atoms with E-state index in [9.17, 15) is 4.79 Å². The van der Waals surface area contributed by atoms with Crippen LogP contribution in [0.15, 0.2) is 18.2 Å². The number of hydrogen-bond donors (Lipinski definition) is 2. The Morgan fingerprint density at radius 2 is 2.17 bits per heavy atom. The molecule has 2 heterocycles. The summed E-state index contributed by atoms with van der Waals surface area (Å²) in [4.78, 5) is 14.5. The van der Waals surface area contributed by atoms with Gasteiger partial charge < -0.3 is 10.2 Å². The molecule has 1 aromatic carbocycles. The standard InChI is InChI=1S/C17H21ClN4O/c1-10-16(11(2)21-20-10)19-14(23)8-22-9-17(3,4)15-12(18)6-5-7-13(15)22/h5-7H,8-9H2,1-4H3,(H,19,23)(H,20,21). The van der Waals surface area contributed by atoms with Crippen LogP contribution < -0.4 is 10.2 Å². The van der Waals surface area contributed by atoms with Gasteiger partial charge in [0.05, 0.1) is 23.6 Å². The molecule has 2 aromatic rings. The van der Waals surface area contributed by atoms with Crippen molar-refractivity contribution < 1.29 is 4.79 Å². The second kappa shape index (κ2) is 5.57. The first-order valence-electron chi connectivity index (χ1n) is 7.65. The summed E-state index contributed by atoms with van der Waals surface area (Å²) in [7, 11) is 0. The average molecular weight is 333 g/mol. The number of aromatic nitrogens is 2. The van der Waals surface area contributed by atoms with Gasteiger partial charge in [-0.15, -0.1) is 0 Å². The van der Waals surface area contributed by atoms with Gasteiger partial charge in [-0.3, -0.25) is 9.89 Å². The molecule has 1 aromatic heterocycles. The number of aryl methyl sites for hydroxylation is 2. The lowest BCUT2D eigenvalue weighted by Crippen LogP contribution is -2.35. The minimum atomic E-state index is -0.0740. The first-order chi connectivity index (χ1) is 10.8. The Bertz CT molecular complexity index is 746. The highest BCUT2D eigenvalue weighted by atomic mass is 35.5. The van der Waals surface area contributed by atoms with Crippen molar-refractivity contribution in [2.45, 2.75) is 33.1 Å². The molecular formula is C17H21ClN4O. The van der Waals surface area contributed by atoms with Gasteiger partial charge in [0.15, 0.2) is 0 Å². The third-order valence-electron chi connectivity index (χ3n) is 4.32. The number of halogens is 1. The van der Waals surface area contributed by atoms with Gasteiger partial charge in [0, 0.05) is 28.2 Å². The van der Waals surface area contributed by atoms with Crippen molar-refractivity contribution in [3.63, 3.8) is 0 Å². The maximum absolute atomic E-state index is 12.4. The lowest BCUT2D eigenvalue weighted by Gasteiger charge is -2.22. The number of benzene rings is 1. The Morgan fingerprint density at radius 3 is 2.83 bits per heavy atom. The van der Waals surface area contributed by atoms with E-state index in [1.807, 2.05) is 32.0 Å². The summed E-state index contributed by atoms with van der Waals surface area (Å²) in [6.45, 7) is 9.13. The zero-order chi connectivity index (χ0) is 16.8. The Balaban J connectivity index is 1.80. The molecule has 1 amide bonds. The molecule has 0 fully saturated rings. The summed E-state index contributed by atoms with van der Waals surface area (Å²) in [5, 5.41) is 10.7. The molecule has 122 valence electrons. The predicted molar refractivity (Wildman–Crippen MR) is 93.4 cm³/mol. The number of nitrogens with zero attached hydrogens (tertiary/aromatic N) is 2. The average Bonchev–Trinajstić information content (AvgIpc) is 2.91. The van der Waals surface area contributed by atoms with Crippen molar-refractivity contribution in [1.29, 1.82) is 0 Å². The van der Waals surface area contributed by atoms with E-state index >= 15 is 0 Å². The number of fused-ring (bicyclic) bond motifs is 1. The quantitative estimate of drug-likeness (QED) is 0.905. The minimum absolute atomic E-state index is 0.0544. The van der Waals surface area contributed by atoms with Crippen molar-refractivity contribution in [3.05, 3.63) is 40.2 Å². The van der Waals surface area contributed by atoms with Crippen LogP contribution in [0.4, 0.5) is 11.4 Å². The number of anilines is 2. The summed E-state index contributed by atoms with van der Waals surface area (Å²) in [5.41, 5.74) is 4.50. The highest BCUT2D eigenvalue weighted by Crippen LogP contribution is 2.44. The number of amides is 1. The number of nitrogens with one attached hydrogen (secondary N) is 2. The first kappa shape index (κ1) is 15.9. The topological polar surface area (TPSA) is 61.0 Å². The zero-order valence-electron chi connectivity index (χ0n) is 13.8. The SMILES string of the molecule is Cc1n[nH]c(C)c1NC(=O)CN1CC(C)(C)c2c(Cl)cccc21. The van der Waals surface area contributed by atoms with Crippen LogP contribution in [0.2, 0.25) is 5.02 Å². The van der Waals surface area contributed by atoms with Crippen LogP contribution in [0.3, 0.4) is 0 Å². The van der Waals surface area contributed by atoms with E-state index in [1.165, 1.54) is 0 Å². The first-order valence-corrected chi connectivity index (χ1v) is 8.03. The lowest BCUT2D eigenvalue weighted by molar-refractivity contribution is -0.115. The second-order valence-electron chi connectivity index (χ2n) is 6.73. The third-order valence-corrected chi connectivity index (χ3v) is 4.64. The van der Waals surface area contributed by atoms with Gasteiger partial charge in [-0.25, -0.2) is 0 Å². The molecule has 2 N–H and O–H groups in total. The Kier molecular flexibility index (Phi) is 3.84. The molecule has 0 radical (unpaired) electrons. The number of rotatable bonds is 3. The number of aromatic amines is 1. The molecule has 0 spiro atoms. The summed E-state index contributed by atoms with van der Waals surface area (Å²) < 4.78 is 0. The van der Waals surface area contributed by atoms with Crippen molar-refractivity contribution in [1.82, 2.24) is 10.2 Å². The molecule has 0 aliphatic carbocycles. The maximum atomic E-state index is 12.4. The smallest absolute Gasteiger partial charge is 0.243 e. The zero-order valence-corrected chi connectivity index (χ0v) is 14.6. The molecule has 5 nitrogen and oxygen atoms in total. The molecule has 3 rings (SSSR count). The van der Waals surface area contributed by atoms with Gasteiger partial charge in [0.2, 0.25) is 5.91 Å². The molecule has 1 aliphatic rings. The van der Waals surface area contributed by atoms with Crippen molar-refractivity contribution in [2.75, 3.05) is 23.3 Å². The van der Waals surface area contributed by atoms with Crippen molar-refractivity contribution >= 4 is 28.9 Å². The molecule has 6 heteroatoms. The fraction of sp³-hybridized carbons (Fsp3) is 0.412. The Hall–Kier alpha value is -2.01. The van der Waals surface area contributed by atoms with Crippen LogP contribution >= 0.6 is 11.6 Å². The molecule has 0 saturated heterocycles. The van der Waals surface area contributed by atoms with Crippen molar-refractivity contribution in [3.8, 4) is 0 Å². The number of hydrogen-bond acceptors (Lipinski definition) is 3. The molecule has 23 heavy (non-hydrogen) atoms. The Morgan fingerprint density at radius 1 is 1.43 bits per heavy atom. The van der Waals surface area contributed by atoms with Crippen LogP contribution in [0, 0.1) is 13.8 Å². The highest BCUT2D eigenvalue weighted by Gasteiger charge is 2.37. The largest absolute Gasteiger partial charge is 0.361 e. The van der Waals surface area contributed by atoms with E-state index < -0.39 is 0 Å². The summed E-state index contributed by atoms with van der Waals surface area (Å²) >= 11 is 6.37. The normalized spacial score (nSPS) is 15.6. The molecule has 0 unspecified atom stereocenters. The number of H-pyrrole nitrogens is 1. The van der Waals surface area contributed by atoms with Gasteiger partial charge >= 0.3 is 0 Å². The maximum Gasteiger partial charge on any atom is 0.243 e. The van der Waals surface area contributed by atoms with Gasteiger partial charge in [0.1, 0.15) is 0 Å². The molecule has 0 atom stereocenters. The van der Waals surface area contributed by atoms with Crippen LogP contribution in [0.5, 0.6) is 0 Å². The van der Waals surface area contributed by atoms with E-state index in [1.54, 1.807) is 0 Å². The van der Waals surface area contributed by atoms with Crippen LogP contribution in [-0.4, -0.2) is 29.2 Å². The van der Waals surface area contributed by atoms with E-state index in [2.05, 4.69) is 34.3 Å². The summed E-state index contributed by atoms with van der Waals surface area (Å²) in [6, 6.07) is 5.86. The molecule has 0 saturated carbocycles. The van der Waals surface area contributed by atoms with Crippen molar-refractivity contribution in [2.24, 2.45) is 0 Å². The van der Waals surface area contributed by atoms with Crippen LogP contribution in [-0.2, 0) is 10.2 Å². The lowest BCUT2D eigenvalue weighted by atomic mass is 9.87. The fourth-order valence-electron chi connectivity index (χ4n) is 3.32. The van der Waals surface area contributed by atoms with Gasteiger partial charge in [0.25, 0.3) is 0 Å². The predicted octanol–water partition coefficient (Wildman–Crippen LogP) is 3.42. The number of carbonyl (C=O) groups is 1. The van der Waals surface area contributed by atoms with Crippen LogP contribution in [0.1, 0.15) is 30.8 Å². The van der Waals surface area contributed by atoms with E-state index in [0.717, 1.165) is 39.9 Å². The van der Waals surface area contributed by atoms with Gasteiger partial charge in [-0.1, -0.05) is 31.5 Å². The van der Waals surface area contributed by atoms with E-state index in [-0.39, 0.29) is 11.3 Å².